The van der Waals surface area contributed by atoms with Crippen LogP contribution < -0.4 is 5.73 Å². The van der Waals surface area contributed by atoms with Gasteiger partial charge in [-0.25, -0.2) is 0 Å². The fraction of sp³-hybridized carbons (Fsp3) is 0.688. The van der Waals surface area contributed by atoms with E-state index in [0.717, 1.165) is 31.4 Å². The van der Waals surface area contributed by atoms with Gasteiger partial charge in [-0.2, -0.15) is 0 Å². The molecule has 0 atom stereocenters. The van der Waals surface area contributed by atoms with Gasteiger partial charge in [0.2, 0.25) is 0 Å². The molecular formula is C16H25N3O. The average molecular weight is 275 g/mol. The van der Waals surface area contributed by atoms with Crippen molar-refractivity contribution in [3.05, 3.63) is 24.0 Å². The molecule has 1 aromatic heterocycles. The molecule has 0 spiro atoms. The number of carbonyl (C=O) groups excluding carboxylic acids is 1. The number of nitrogens with zero attached hydrogens (tertiary/aromatic N) is 2. The lowest BCUT2D eigenvalue weighted by Gasteiger charge is -2.35. The summed E-state index contributed by atoms with van der Waals surface area (Å²) in [5.41, 5.74) is 6.80. The highest BCUT2D eigenvalue weighted by Gasteiger charge is 2.29. The second-order valence-electron chi connectivity index (χ2n) is 6.37. The number of aromatic nitrogens is 1. The zero-order chi connectivity index (χ0) is 14.1. The van der Waals surface area contributed by atoms with E-state index in [1.807, 2.05) is 24.1 Å². The second kappa shape index (κ2) is 5.60. The minimum Gasteiger partial charge on any atom is -0.340 e. The largest absolute Gasteiger partial charge is 0.340 e. The number of hydrogen-bond donors (Lipinski definition) is 1. The molecule has 0 saturated heterocycles. The van der Waals surface area contributed by atoms with E-state index in [9.17, 15) is 4.79 Å². The van der Waals surface area contributed by atoms with Gasteiger partial charge in [-0.1, -0.05) is 0 Å². The highest BCUT2D eigenvalue weighted by molar-refractivity contribution is 5.92. The van der Waals surface area contributed by atoms with E-state index in [-0.39, 0.29) is 5.91 Å². The van der Waals surface area contributed by atoms with Gasteiger partial charge in [0.15, 0.2) is 0 Å². The maximum absolute atomic E-state index is 12.7. The Kier molecular flexibility index (Phi) is 3.83. The first-order chi connectivity index (χ1) is 9.66. The van der Waals surface area contributed by atoms with E-state index in [2.05, 4.69) is 10.8 Å². The van der Waals surface area contributed by atoms with Gasteiger partial charge in [-0.15, -0.1) is 0 Å². The molecule has 2 aliphatic carbocycles. The fourth-order valence-corrected chi connectivity index (χ4v) is 3.39. The number of rotatable bonds is 3. The van der Waals surface area contributed by atoms with Gasteiger partial charge in [0.25, 0.3) is 5.91 Å². The summed E-state index contributed by atoms with van der Waals surface area (Å²) >= 11 is 0. The Morgan fingerprint density at radius 1 is 1.25 bits per heavy atom. The minimum absolute atomic E-state index is 0.169. The van der Waals surface area contributed by atoms with Crippen LogP contribution in [0.3, 0.4) is 0 Å². The molecule has 20 heavy (non-hydrogen) atoms. The number of hydrogen-bond acceptors (Lipinski definition) is 2. The van der Waals surface area contributed by atoms with Gasteiger partial charge >= 0.3 is 0 Å². The Labute approximate surface area is 120 Å². The number of nitrogens with two attached hydrogens (primary N) is 1. The standard InChI is InChI=1S/C16H25N3O/c1-18(13-9-7-12(17)8-10-13)16(20)15-6-3-11-19(15)14-4-2-5-14/h3,6,11-14H,2,4-5,7-10,17H2,1H3. The summed E-state index contributed by atoms with van der Waals surface area (Å²) in [5.74, 6) is 0.169. The third-order valence-electron chi connectivity index (χ3n) is 5.08. The maximum atomic E-state index is 12.7. The molecule has 4 heteroatoms. The number of carbonyl (C=O) groups is 1. The monoisotopic (exact) mass is 275 g/mol. The molecule has 1 aromatic rings. The smallest absolute Gasteiger partial charge is 0.270 e. The van der Waals surface area contributed by atoms with Crippen molar-refractivity contribution >= 4 is 5.91 Å². The first-order valence-corrected chi connectivity index (χ1v) is 7.86. The summed E-state index contributed by atoms with van der Waals surface area (Å²) in [6.07, 6.45) is 9.89. The van der Waals surface area contributed by atoms with Crippen LogP contribution >= 0.6 is 0 Å². The molecule has 0 bridgehead atoms. The summed E-state index contributed by atoms with van der Waals surface area (Å²) in [5, 5.41) is 0. The van der Waals surface area contributed by atoms with Crippen molar-refractivity contribution in [2.75, 3.05) is 7.05 Å². The molecule has 2 N–H and O–H groups in total. The van der Waals surface area contributed by atoms with Gasteiger partial charge in [0.1, 0.15) is 5.69 Å². The Balaban J connectivity index is 1.70. The van der Waals surface area contributed by atoms with E-state index in [4.69, 9.17) is 5.73 Å². The summed E-state index contributed by atoms with van der Waals surface area (Å²) in [6.45, 7) is 0. The molecule has 1 amide bonds. The molecule has 2 fully saturated rings. The normalized spacial score (nSPS) is 27.1. The molecule has 3 rings (SSSR count). The molecule has 0 radical (unpaired) electrons. The van der Waals surface area contributed by atoms with Gasteiger partial charge in [-0.3, -0.25) is 4.79 Å². The first-order valence-electron chi connectivity index (χ1n) is 7.86. The van der Waals surface area contributed by atoms with Gasteiger partial charge in [0.05, 0.1) is 0 Å². The Hall–Kier alpha value is -1.29. The van der Waals surface area contributed by atoms with E-state index in [0.29, 0.717) is 18.1 Å². The zero-order valence-electron chi connectivity index (χ0n) is 12.3. The average Bonchev–Trinajstić information content (AvgIpc) is 2.85. The fourth-order valence-electron chi connectivity index (χ4n) is 3.39. The van der Waals surface area contributed by atoms with Crippen molar-refractivity contribution in [3.63, 3.8) is 0 Å². The van der Waals surface area contributed by atoms with Crippen molar-refractivity contribution < 1.29 is 4.79 Å². The summed E-state index contributed by atoms with van der Waals surface area (Å²) in [6, 6.07) is 5.18. The topological polar surface area (TPSA) is 51.3 Å². The number of amides is 1. The van der Waals surface area contributed by atoms with Crippen LogP contribution in [0.1, 0.15) is 61.5 Å². The second-order valence-corrected chi connectivity index (χ2v) is 6.37. The van der Waals surface area contributed by atoms with Gasteiger partial charge in [-0.05, 0) is 57.1 Å². The Bertz CT molecular complexity index is 470. The van der Waals surface area contributed by atoms with Crippen LogP contribution in [0, 0.1) is 0 Å². The van der Waals surface area contributed by atoms with E-state index >= 15 is 0 Å². The molecule has 0 aliphatic heterocycles. The summed E-state index contributed by atoms with van der Waals surface area (Å²) < 4.78 is 2.18. The third kappa shape index (κ3) is 2.49. The molecule has 0 unspecified atom stereocenters. The lowest BCUT2D eigenvalue weighted by atomic mass is 9.90. The van der Waals surface area contributed by atoms with Crippen LogP contribution in [0.4, 0.5) is 0 Å². The van der Waals surface area contributed by atoms with Crippen molar-refractivity contribution in [2.45, 2.75) is 63.1 Å². The van der Waals surface area contributed by atoms with Crippen molar-refractivity contribution in [1.29, 1.82) is 0 Å². The lowest BCUT2D eigenvalue weighted by Crippen LogP contribution is -2.42. The van der Waals surface area contributed by atoms with Crippen LogP contribution in [0.25, 0.3) is 0 Å². The maximum Gasteiger partial charge on any atom is 0.270 e. The molecule has 110 valence electrons. The van der Waals surface area contributed by atoms with Crippen molar-refractivity contribution in [3.8, 4) is 0 Å². The predicted molar refractivity (Wildman–Crippen MR) is 79.6 cm³/mol. The van der Waals surface area contributed by atoms with Gasteiger partial charge in [0, 0.05) is 31.4 Å². The minimum atomic E-state index is 0.169. The highest BCUT2D eigenvalue weighted by Crippen LogP contribution is 2.33. The van der Waals surface area contributed by atoms with Gasteiger partial charge < -0.3 is 15.2 Å². The first kappa shape index (κ1) is 13.7. The third-order valence-corrected chi connectivity index (χ3v) is 5.08. The highest BCUT2D eigenvalue weighted by atomic mass is 16.2. The Morgan fingerprint density at radius 2 is 1.95 bits per heavy atom. The van der Waals surface area contributed by atoms with E-state index < -0.39 is 0 Å². The van der Waals surface area contributed by atoms with Crippen LogP contribution in [0.2, 0.25) is 0 Å². The molecule has 2 saturated carbocycles. The molecule has 4 nitrogen and oxygen atoms in total. The van der Waals surface area contributed by atoms with Crippen LogP contribution in [-0.2, 0) is 0 Å². The van der Waals surface area contributed by atoms with Crippen LogP contribution in [0.5, 0.6) is 0 Å². The lowest BCUT2D eigenvalue weighted by molar-refractivity contribution is 0.0673. The van der Waals surface area contributed by atoms with Crippen LogP contribution in [-0.4, -0.2) is 34.5 Å². The predicted octanol–water partition coefficient (Wildman–Crippen LogP) is 2.56. The summed E-state index contributed by atoms with van der Waals surface area (Å²) in [4.78, 5) is 14.7. The summed E-state index contributed by atoms with van der Waals surface area (Å²) in [7, 11) is 1.95. The van der Waals surface area contributed by atoms with Crippen molar-refractivity contribution in [1.82, 2.24) is 9.47 Å². The molecule has 0 aromatic carbocycles. The zero-order valence-corrected chi connectivity index (χ0v) is 12.3. The Morgan fingerprint density at radius 3 is 2.55 bits per heavy atom. The SMILES string of the molecule is CN(C(=O)c1cccn1C1CCC1)C1CCC(N)CC1. The molecule has 1 heterocycles. The van der Waals surface area contributed by atoms with E-state index in [1.54, 1.807) is 0 Å². The quantitative estimate of drug-likeness (QED) is 0.921. The van der Waals surface area contributed by atoms with Crippen LogP contribution in [0.15, 0.2) is 18.3 Å². The van der Waals surface area contributed by atoms with Crippen molar-refractivity contribution in [2.24, 2.45) is 5.73 Å². The van der Waals surface area contributed by atoms with E-state index in [1.165, 1.54) is 19.3 Å². The molecular weight excluding hydrogens is 250 g/mol. The molecule has 2 aliphatic rings.